The van der Waals surface area contributed by atoms with Crippen LogP contribution in [0.25, 0.3) is 0 Å². The first-order chi connectivity index (χ1) is 9.20. The number of rotatable bonds is 5. The Hall–Kier alpha value is -1.62. The molecule has 2 N–H and O–H groups in total. The van der Waals surface area contributed by atoms with E-state index < -0.39 is 5.54 Å². The van der Waals surface area contributed by atoms with Crippen molar-refractivity contribution in [1.29, 1.82) is 0 Å². The van der Waals surface area contributed by atoms with E-state index in [-0.39, 0.29) is 5.91 Å². The molecule has 1 unspecified atom stereocenters. The van der Waals surface area contributed by atoms with Crippen molar-refractivity contribution >= 4 is 11.6 Å². The van der Waals surface area contributed by atoms with Gasteiger partial charge in [-0.2, -0.15) is 0 Å². The van der Waals surface area contributed by atoms with Crippen molar-refractivity contribution in [3.8, 4) is 5.88 Å². The largest absolute Gasteiger partial charge is 0.478 e. The van der Waals surface area contributed by atoms with Gasteiger partial charge < -0.3 is 15.4 Å². The second kappa shape index (κ2) is 6.02. The van der Waals surface area contributed by atoms with Gasteiger partial charge in [-0.15, -0.1) is 0 Å². The van der Waals surface area contributed by atoms with Gasteiger partial charge in [0.2, 0.25) is 11.8 Å². The molecule has 1 aliphatic rings. The van der Waals surface area contributed by atoms with E-state index >= 15 is 0 Å². The van der Waals surface area contributed by atoms with Gasteiger partial charge >= 0.3 is 0 Å². The summed E-state index contributed by atoms with van der Waals surface area (Å²) in [7, 11) is 0. The van der Waals surface area contributed by atoms with Crippen LogP contribution in [-0.4, -0.2) is 29.6 Å². The molecule has 1 aliphatic heterocycles. The lowest BCUT2D eigenvalue weighted by Gasteiger charge is -2.26. The summed E-state index contributed by atoms with van der Waals surface area (Å²) in [6.45, 7) is 5.44. The molecule has 0 saturated carbocycles. The number of nitrogens with zero attached hydrogens (tertiary/aromatic N) is 1. The molecule has 5 nitrogen and oxygen atoms in total. The number of ether oxygens (including phenoxy) is 1. The van der Waals surface area contributed by atoms with E-state index in [0.29, 0.717) is 18.2 Å². The number of amides is 1. The molecule has 0 bridgehead atoms. The summed E-state index contributed by atoms with van der Waals surface area (Å²) < 4.78 is 5.27. The number of anilines is 1. The van der Waals surface area contributed by atoms with Gasteiger partial charge in [0.25, 0.3) is 0 Å². The second-order valence-electron chi connectivity index (χ2n) is 4.74. The topological polar surface area (TPSA) is 63.2 Å². The summed E-state index contributed by atoms with van der Waals surface area (Å²) in [5.74, 6) is 0.600. The fourth-order valence-electron chi connectivity index (χ4n) is 2.40. The van der Waals surface area contributed by atoms with Crippen molar-refractivity contribution in [3.63, 3.8) is 0 Å². The Morgan fingerprint density at radius 3 is 2.89 bits per heavy atom. The quantitative estimate of drug-likeness (QED) is 0.852. The number of hydrogen-bond acceptors (Lipinski definition) is 4. The Labute approximate surface area is 113 Å². The zero-order chi connectivity index (χ0) is 13.7. The van der Waals surface area contributed by atoms with E-state index in [1.807, 2.05) is 19.9 Å². The monoisotopic (exact) mass is 263 g/mol. The maximum atomic E-state index is 12.3. The van der Waals surface area contributed by atoms with Gasteiger partial charge in [0, 0.05) is 6.07 Å². The van der Waals surface area contributed by atoms with E-state index in [1.54, 1.807) is 12.3 Å². The van der Waals surface area contributed by atoms with Crippen molar-refractivity contribution in [2.75, 3.05) is 18.5 Å². The molecule has 0 aromatic carbocycles. The van der Waals surface area contributed by atoms with Crippen LogP contribution < -0.4 is 15.4 Å². The van der Waals surface area contributed by atoms with E-state index in [2.05, 4.69) is 15.6 Å². The zero-order valence-electron chi connectivity index (χ0n) is 11.5. The number of carbonyl (C=O) groups is 1. The van der Waals surface area contributed by atoms with E-state index in [4.69, 9.17) is 4.74 Å². The Kier molecular flexibility index (Phi) is 4.37. The highest BCUT2D eigenvalue weighted by molar-refractivity contribution is 5.98. The molecule has 1 aromatic heterocycles. The number of pyridine rings is 1. The lowest BCUT2D eigenvalue weighted by molar-refractivity contribution is -0.122. The van der Waals surface area contributed by atoms with E-state index in [9.17, 15) is 4.79 Å². The molecular weight excluding hydrogens is 242 g/mol. The van der Waals surface area contributed by atoms with Crippen LogP contribution >= 0.6 is 0 Å². The van der Waals surface area contributed by atoms with Gasteiger partial charge in [0.05, 0.1) is 24.0 Å². The molecule has 1 aromatic rings. The Balaban J connectivity index is 2.02. The third kappa shape index (κ3) is 3.04. The van der Waals surface area contributed by atoms with Crippen LogP contribution in [0.4, 0.5) is 5.69 Å². The Bertz CT molecular complexity index is 425. The fourth-order valence-corrected chi connectivity index (χ4v) is 2.40. The van der Waals surface area contributed by atoms with E-state index in [1.165, 1.54) is 0 Å². The highest BCUT2D eigenvalue weighted by Gasteiger charge is 2.39. The summed E-state index contributed by atoms with van der Waals surface area (Å²) in [5, 5.41) is 6.24. The van der Waals surface area contributed by atoms with Crippen molar-refractivity contribution in [3.05, 3.63) is 18.3 Å². The maximum absolute atomic E-state index is 12.3. The second-order valence-corrected chi connectivity index (χ2v) is 4.74. The SMILES string of the molecule is CCOc1ccc(NC(=O)C2(CC)CCCN2)cn1. The van der Waals surface area contributed by atoms with E-state index in [0.717, 1.165) is 25.8 Å². The molecule has 1 fully saturated rings. The van der Waals surface area contributed by atoms with Crippen LogP contribution in [0, 0.1) is 0 Å². The molecule has 2 rings (SSSR count). The molecular formula is C14H21N3O2. The van der Waals surface area contributed by atoms with Crippen LogP contribution in [0.5, 0.6) is 5.88 Å². The minimum atomic E-state index is -0.418. The van der Waals surface area contributed by atoms with Crippen LogP contribution in [-0.2, 0) is 4.79 Å². The van der Waals surface area contributed by atoms with Gasteiger partial charge in [-0.05, 0) is 38.8 Å². The molecule has 0 radical (unpaired) electrons. The number of aromatic nitrogens is 1. The van der Waals surface area contributed by atoms with Crippen LogP contribution in [0.2, 0.25) is 0 Å². The molecule has 104 valence electrons. The Morgan fingerprint density at radius 2 is 2.37 bits per heavy atom. The minimum absolute atomic E-state index is 0.0264. The predicted molar refractivity (Wildman–Crippen MR) is 74.3 cm³/mol. The lowest BCUT2D eigenvalue weighted by atomic mass is 9.93. The molecule has 1 amide bonds. The van der Waals surface area contributed by atoms with Crippen molar-refractivity contribution in [2.45, 2.75) is 38.6 Å². The van der Waals surface area contributed by atoms with Gasteiger partial charge in [-0.25, -0.2) is 4.98 Å². The first-order valence-electron chi connectivity index (χ1n) is 6.85. The van der Waals surface area contributed by atoms with Gasteiger partial charge in [-0.3, -0.25) is 4.79 Å². The molecule has 5 heteroatoms. The molecule has 1 saturated heterocycles. The average molecular weight is 263 g/mol. The lowest BCUT2D eigenvalue weighted by Crippen LogP contribution is -2.50. The third-order valence-corrected chi connectivity index (χ3v) is 3.57. The van der Waals surface area contributed by atoms with Crippen molar-refractivity contribution < 1.29 is 9.53 Å². The standard InChI is InChI=1S/C14H21N3O2/c1-3-14(8-5-9-16-14)13(18)17-11-6-7-12(15-10-11)19-4-2/h6-7,10,16H,3-5,8-9H2,1-2H3,(H,17,18). The molecule has 19 heavy (non-hydrogen) atoms. The zero-order valence-corrected chi connectivity index (χ0v) is 11.5. The smallest absolute Gasteiger partial charge is 0.244 e. The van der Waals surface area contributed by atoms with Crippen molar-refractivity contribution in [2.24, 2.45) is 0 Å². The summed E-state index contributed by atoms with van der Waals surface area (Å²) in [6, 6.07) is 3.58. The number of carbonyl (C=O) groups excluding carboxylic acids is 1. The van der Waals surface area contributed by atoms with Crippen LogP contribution in [0.1, 0.15) is 33.1 Å². The third-order valence-electron chi connectivity index (χ3n) is 3.57. The first kappa shape index (κ1) is 13.8. The summed E-state index contributed by atoms with van der Waals surface area (Å²) in [5.41, 5.74) is 0.286. The fraction of sp³-hybridized carbons (Fsp3) is 0.571. The minimum Gasteiger partial charge on any atom is -0.478 e. The van der Waals surface area contributed by atoms with Gasteiger partial charge in [-0.1, -0.05) is 6.92 Å². The van der Waals surface area contributed by atoms with Gasteiger partial charge in [0.15, 0.2) is 0 Å². The normalized spacial score (nSPS) is 22.2. The maximum Gasteiger partial charge on any atom is 0.244 e. The molecule has 1 atom stereocenters. The highest BCUT2D eigenvalue weighted by atomic mass is 16.5. The predicted octanol–water partition coefficient (Wildman–Crippen LogP) is 1.95. The first-order valence-corrected chi connectivity index (χ1v) is 6.85. The van der Waals surface area contributed by atoms with Gasteiger partial charge in [0.1, 0.15) is 0 Å². The molecule has 0 aliphatic carbocycles. The summed E-state index contributed by atoms with van der Waals surface area (Å²) in [4.78, 5) is 16.5. The Morgan fingerprint density at radius 1 is 1.53 bits per heavy atom. The molecule has 2 heterocycles. The van der Waals surface area contributed by atoms with Crippen LogP contribution in [0.3, 0.4) is 0 Å². The van der Waals surface area contributed by atoms with Crippen LogP contribution in [0.15, 0.2) is 18.3 Å². The van der Waals surface area contributed by atoms with Crippen molar-refractivity contribution in [1.82, 2.24) is 10.3 Å². The molecule has 0 spiro atoms. The summed E-state index contributed by atoms with van der Waals surface area (Å²) >= 11 is 0. The summed E-state index contributed by atoms with van der Waals surface area (Å²) in [6.07, 6.45) is 4.35. The highest BCUT2D eigenvalue weighted by Crippen LogP contribution is 2.25. The number of hydrogen-bond donors (Lipinski definition) is 2. The average Bonchev–Trinajstić information content (AvgIpc) is 2.91. The number of nitrogens with one attached hydrogen (secondary N) is 2.